The third-order valence-corrected chi connectivity index (χ3v) is 4.67. The molecule has 0 radical (unpaired) electrons. The third kappa shape index (κ3) is 4.30. The van der Waals surface area contributed by atoms with Gasteiger partial charge in [-0.3, -0.25) is 0 Å². The van der Waals surface area contributed by atoms with Crippen LogP contribution in [0.2, 0.25) is 0 Å². The van der Waals surface area contributed by atoms with Crippen LogP contribution >= 0.6 is 0 Å². The number of ether oxygens (including phenoxy) is 1. The Bertz CT molecular complexity index is 1260. The molecule has 4 aromatic rings. The number of carboxylic acid groups (broad SMARTS) is 1. The molecule has 9 heteroatoms. The summed E-state index contributed by atoms with van der Waals surface area (Å²) in [7, 11) is 1.86. The molecule has 0 saturated carbocycles. The molecule has 2 aromatic carbocycles. The monoisotopic (exact) mass is 427 g/mol. The van der Waals surface area contributed by atoms with Crippen molar-refractivity contribution in [2.24, 2.45) is 7.05 Å². The summed E-state index contributed by atoms with van der Waals surface area (Å²) in [5.74, 6) is -1.24. The third-order valence-electron chi connectivity index (χ3n) is 4.67. The number of hydrogen-bond donors (Lipinski definition) is 2. The van der Waals surface area contributed by atoms with E-state index in [1.807, 2.05) is 29.9 Å². The van der Waals surface area contributed by atoms with E-state index in [-0.39, 0.29) is 17.1 Å². The first-order valence-electron chi connectivity index (χ1n) is 9.12. The van der Waals surface area contributed by atoms with Crippen LogP contribution in [0.1, 0.15) is 10.4 Å². The molecule has 158 valence electrons. The maximum atomic E-state index is 12.5. The average molecular weight is 427 g/mol. The Morgan fingerprint density at radius 2 is 1.87 bits per heavy atom. The van der Waals surface area contributed by atoms with Crippen LogP contribution in [0.15, 0.2) is 67.0 Å². The van der Waals surface area contributed by atoms with Crippen molar-refractivity contribution in [1.82, 2.24) is 9.55 Å². The summed E-state index contributed by atoms with van der Waals surface area (Å²) >= 11 is 0. The number of anilines is 2. The molecule has 2 N–H and O–H groups in total. The fourth-order valence-corrected chi connectivity index (χ4v) is 3.39. The highest BCUT2D eigenvalue weighted by molar-refractivity contribution is 5.99. The zero-order valence-corrected chi connectivity index (χ0v) is 16.1. The van der Waals surface area contributed by atoms with Gasteiger partial charge in [-0.2, -0.15) is 0 Å². The predicted octanol–water partition coefficient (Wildman–Crippen LogP) is 5.58. The minimum Gasteiger partial charge on any atom is -0.478 e. The molecule has 0 fully saturated rings. The standard InChI is InChI=1S/C22H16F3N3O3/c1-28-10-8-14-11-15(27-20-17(21(29)30)3-2-9-26-20)12-18(19(14)28)13-4-6-16(7-5-13)31-22(23,24)25/h2-12H,1H3,(H,26,27)(H,29,30). The number of nitrogens with one attached hydrogen (secondary N) is 1. The van der Waals surface area contributed by atoms with Gasteiger partial charge in [0.2, 0.25) is 0 Å². The van der Waals surface area contributed by atoms with E-state index in [1.165, 1.54) is 42.6 Å². The van der Waals surface area contributed by atoms with Crippen LogP contribution in [0, 0.1) is 0 Å². The predicted molar refractivity (Wildman–Crippen MR) is 110 cm³/mol. The molecule has 4 rings (SSSR count). The quantitative estimate of drug-likeness (QED) is 0.435. The van der Waals surface area contributed by atoms with Crippen molar-refractivity contribution in [2.75, 3.05) is 5.32 Å². The van der Waals surface area contributed by atoms with Crippen molar-refractivity contribution in [3.05, 3.63) is 72.6 Å². The van der Waals surface area contributed by atoms with E-state index in [0.717, 1.165) is 16.5 Å². The van der Waals surface area contributed by atoms with E-state index in [0.29, 0.717) is 11.3 Å². The number of aryl methyl sites for hydroxylation is 1. The number of carbonyl (C=O) groups is 1. The fourth-order valence-electron chi connectivity index (χ4n) is 3.39. The van der Waals surface area contributed by atoms with Gasteiger partial charge in [0.15, 0.2) is 0 Å². The minimum absolute atomic E-state index is 0.0193. The highest BCUT2D eigenvalue weighted by atomic mass is 19.4. The van der Waals surface area contributed by atoms with Crippen molar-refractivity contribution in [3.8, 4) is 16.9 Å². The molecule has 0 bridgehead atoms. The Kier molecular flexibility index (Phi) is 5.02. The number of alkyl halides is 3. The first kappa shape index (κ1) is 20.3. The molecule has 0 atom stereocenters. The molecular weight excluding hydrogens is 411 g/mol. The normalized spacial score (nSPS) is 11.5. The van der Waals surface area contributed by atoms with Crippen LogP contribution < -0.4 is 10.1 Å². The summed E-state index contributed by atoms with van der Waals surface area (Å²) in [5, 5.41) is 13.3. The topological polar surface area (TPSA) is 76.4 Å². The summed E-state index contributed by atoms with van der Waals surface area (Å²) in [5.41, 5.74) is 2.90. The van der Waals surface area contributed by atoms with Crippen molar-refractivity contribution >= 4 is 28.4 Å². The zero-order chi connectivity index (χ0) is 22.2. The molecule has 2 aromatic heterocycles. The maximum absolute atomic E-state index is 12.5. The first-order chi connectivity index (χ1) is 14.7. The van der Waals surface area contributed by atoms with Crippen molar-refractivity contribution < 1.29 is 27.8 Å². The Morgan fingerprint density at radius 1 is 1.13 bits per heavy atom. The van der Waals surface area contributed by atoms with E-state index in [2.05, 4.69) is 15.0 Å². The number of rotatable bonds is 5. The van der Waals surface area contributed by atoms with Gasteiger partial charge >= 0.3 is 12.3 Å². The number of carboxylic acids is 1. The van der Waals surface area contributed by atoms with Gasteiger partial charge in [-0.05, 0) is 48.0 Å². The molecule has 0 unspecified atom stereocenters. The molecule has 0 aliphatic rings. The van der Waals surface area contributed by atoms with Crippen LogP contribution in [-0.4, -0.2) is 27.0 Å². The largest absolute Gasteiger partial charge is 0.573 e. The van der Waals surface area contributed by atoms with Crippen molar-refractivity contribution in [3.63, 3.8) is 0 Å². The number of fused-ring (bicyclic) bond motifs is 1. The SMILES string of the molecule is Cn1ccc2cc(Nc3ncccc3C(=O)O)cc(-c3ccc(OC(F)(F)F)cc3)c21. The van der Waals surface area contributed by atoms with Crippen LogP contribution in [0.3, 0.4) is 0 Å². The van der Waals surface area contributed by atoms with Gasteiger partial charge in [0.1, 0.15) is 17.1 Å². The Morgan fingerprint density at radius 3 is 2.55 bits per heavy atom. The molecule has 0 aliphatic heterocycles. The van der Waals surface area contributed by atoms with Crippen molar-refractivity contribution in [2.45, 2.75) is 6.36 Å². The Balaban J connectivity index is 1.77. The number of benzene rings is 2. The van der Waals surface area contributed by atoms with Gasteiger partial charge in [0.05, 0.1) is 5.52 Å². The second-order valence-corrected chi connectivity index (χ2v) is 6.79. The summed E-state index contributed by atoms with van der Waals surface area (Å²) in [6.45, 7) is 0. The summed E-state index contributed by atoms with van der Waals surface area (Å²) in [4.78, 5) is 15.6. The second kappa shape index (κ2) is 7.67. The van der Waals surface area contributed by atoms with Crippen LogP contribution in [0.4, 0.5) is 24.7 Å². The smallest absolute Gasteiger partial charge is 0.478 e. The molecule has 0 spiro atoms. The Hall–Kier alpha value is -4.01. The van der Waals surface area contributed by atoms with Crippen LogP contribution in [0.5, 0.6) is 5.75 Å². The molecule has 0 saturated heterocycles. The van der Waals surface area contributed by atoms with E-state index < -0.39 is 12.3 Å². The van der Waals surface area contributed by atoms with E-state index in [4.69, 9.17) is 0 Å². The lowest BCUT2D eigenvalue weighted by Gasteiger charge is -2.14. The number of halogens is 3. The molecular formula is C22H16F3N3O3. The highest BCUT2D eigenvalue weighted by Gasteiger charge is 2.31. The van der Waals surface area contributed by atoms with Gasteiger partial charge in [-0.25, -0.2) is 9.78 Å². The highest BCUT2D eigenvalue weighted by Crippen LogP contribution is 2.35. The minimum atomic E-state index is -4.76. The number of aromatic nitrogens is 2. The van der Waals surface area contributed by atoms with Gasteiger partial charge in [0.25, 0.3) is 0 Å². The summed E-state index contributed by atoms with van der Waals surface area (Å²) < 4.78 is 43.2. The van der Waals surface area contributed by atoms with Crippen LogP contribution in [-0.2, 0) is 7.05 Å². The van der Waals surface area contributed by atoms with Gasteiger partial charge in [0, 0.05) is 36.1 Å². The lowest BCUT2D eigenvalue weighted by atomic mass is 10.0. The first-order valence-corrected chi connectivity index (χ1v) is 9.12. The van der Waals surface area contributed by atoms with E-state index in [1.54, 1.807) is 6.07 Å². The lowest BCUT2D eigenvalue weighted by molar-refractivity contribution is -0.274. The number of pyridine rings is 1. The fraction of sp³-hybridized carbons (Fsp3) is 0.0909. The number of nitrogens with zero attached hydrogens (tertiary/aromatic N) is 2. The molecule has 6 nitrogen and oxygen atoms in total. The van der Waals surface area contributed by atoms with Gasteiger partial charge in [-0.1, -0.05) is 12.1 Å². The van der Waals surface area contributed by atoms with Crippen LogP contribution in [0.25, 0.3) is 22.0 Å². The Labute approximate surface area is 174 Å². The second-order valence-electron chi connectivity index (χ2n) is 6.79. The van der Waals surface area contributed by atoms with E-state index in [9.17, 15) is 23.1 Å². The number of hydrogen-bond acceptors (Lipinski definition) is 4. The molecule has 2 heterocycles. The number of aromatic carboxylic acids is 1. The van der Waals surface area contributed by atoms with Gasteiger partial charge in [-0.15, -0.1) is 13.2 Å². The molecule has 0 amide bonds. The lowest BCUT2D eigenvalue weighted by Crippen LogP contribution is -2.16. The summed E-state index contributed by atoms with van der Waals surface area (Å²) in [6, 6.07) is 14.1. The summed E-state index contributed by atoms with van der Waals surface area (Å²) in [6.07, 6.45) is -1.42. The zero-order valence-electron chi connectivity index (χ0n) is 16.1. The van der Waals surface area contributed by atoms with Gasteiger partial charge < -0.3 is 19.7 Å². The molecule has 31 heavy (non-hydrogen) atoms. The average Bonchev–Trinajstić information content (AvgIpc) is 3.08. The van der Waals surface area contributed by atoms with E-state index >= 15 is 0 Å². The maximum Gasteiger partial charge on any atom is 0.573 e. The van der Waals surface area contributed by atoms with Crippen molar-refractivity contribution in [1.29, 1.82) is 0 Å². The molecule has 0 aliphatic carbocycles.